The summed E-state index contributed by atoms with van der Waals surface area (Å²) in [5, 5.41) is 12.1. The standard InChI is InChI=1S/C14H15BrO3S/c1-19(17,18)7-6-14(16)12-3-2-11-9-13(15)5-4-10(11)8-12/h2-5,8-9,14,16H,6-7H2,1H3. The first kappa shape index (κ1) is 14.5. The van der Waals surface area contributed by atoms with Crippen LogP contribution in [0.2, 0.25) is 0 Å². The molecule has 1 unspecified atom stereocenters. The van der Waals surface area contributed by atoms with Gasteiger partial charge in [-0.3, -0.25) is 0 Å². The molecule has 2 rings (SSSR count). The average molecular weight is 343 g/mol. The fourth-order valence-electron chi connectivity index (χ4n) is 1.93. The van der Waals surface area contributed by atoms with E-state index >= 15 is 0 Å². The van der Waals surface area contributed by atoms with Crippen LogP contribution in [0, 0.1) is 0 Å². The number of hydrogen-bond acceptors (Lipinski definition) is 3. The first-order valence-corrected chi connectivity index (χ1v) is 8.75. The monoisotopic (exact) mass is 342 g/mol. The Morgan fingerprint density at radius 3 is 2.47 bits per heavy atom. The summed E-state index contributed by atoms with van der Waals surface area (Å²) in [6.07, 6.45) is 0.654. The van der Waals surface area contributed by atoms with Crippen molar-refractivity contribution in [1.82, 2.24) is 0 Å². The van der Waals surface area contributed by atoms with Gasteiger partial charge >= 0.3 is 0 Å². The van der Waals surface area contributed by atoms with Gasteiger partial charge in [-0.25, -0.2) is 8.42 Å². The average Bonchev–Trinajstić information content (AvgIpc) is 2.34. The third-order valence-corrected chi connectivity index (χ3v) is 4.44. The van der Waals surface area contributed by atoms with Gasteiger partial charge in [0.25, 0.3) is 0 Å². The van der Waals surface area contributed by atoms with E-state index in [9.17, 15) is 13.5 Å². The molecule has 0 amide bonds. The van der Waals surface area contributed by atoms with Crippen LogP contribution >= 0.6 is 15.9 Å². The number of sulfone groups is 1. The lowest BCUT2D eigenvalue weighted by molar-refractivity contribution is 0.174. The third-order valence-electron chi connectivity index (χ3n) is 2.97. The molecule has 1 N–H and O–H groups in total. The van der Waals surface area contributed by atoms with Crippen LogP contribution in [0.3, 0.4) is 0 Å². The van der Waals surface area contributed by atoms with E-state index < -0.39 is 15.9 Å². The predicted octanol–water partition coefficient (Wildman–Crippen LogP) is 3.07. The molecule has 102 valence electrons. The minimum absolute atomic E-state index is 0.00740. The van der Waals surface area contributed by atoms with Gasteiger partial charge in [0.05, 0.1) is 11.9 Å². The molecule has 0 aromatic heterocycles. The van der Waals surface area contributed by atoms with E-state index in [4.69, 9.17) is 0 Å². The van der Waals surface area contributed by atoms with Gasteiger partial charge in [-0.05, 0) is 41.0 Å². The Morgan fingerprint density at radius 2 is 1.79 bits per heavy atom. The molecule has 2 aromatic rings. The number of hydrogen-bond donors (Lipinski definition) is 1. The molecular formula is C14H15BrO3S. The zero-order chi connectivity index (χ0) is 14.0. The number of benzene rings is 2. The number of rotatable bonds is 4. The van der Waals surface area contributed by atoms with Gasteiger partial charge in [0, 0.05) is 10.7 Å². The lowest BCUT2D eigenvalue weighted by Crippen LogP contribution is -2.08. The van der Waals surface area contributed by atoms with Crippen molar-refractivity contribution in [1.29, 1.82) is 0 Å². The molecule has 0 bridgehead atoms. The van der Waals surface area contributed by atoms with Gasteiger partial charge in [-0.15, -0.1) is 0 Å². The Kier molecular flexibility index (Phi) is 4.28. The fraction of sp³-hybridized carbons (Fsp3) is 0.286. The number of halogens is 1. The van der Waals surface area contributed by atoms with Crippen LogP contribution < -0.4 is 0 Å². The Balaban J connectivity index is 2.23. The maximum Gasteiger partial charge on any atom is 0.147 e. The molecule has 0 heterocycles. The smallest absolute Gasteiger partial charge is 0.147 e. The molecule has 0 spiro atoms. The molecular weight excluding hydrogens is 328 g/mol. The van der Waals surface area contributed by atoms with Crippen LogP contribution in [0.25, 0.3) is 10.8 Å². The van der Waals surface area contributed by atoms with Crippen LogP contribution in [0.4, 0.5) is 0 Å². The van der Waals surface area contributed by atoms with E-state index in [0.717, 1.165) is 20.8 Å². The normalized spacial score (nSPS) is 13.6. The molecule has 0 aliphatic heterocycles. The second kappa shape index (κ2) is 5.61. The van der Waals surface area contributed by atoms with Gasteiger partial charge in [-0.1, -0.05) is 34.1 Å². The Morgan fingerprint density at radius 1 is 1.16 bits per heavy atom. The summed E-state index contributed by atoms with van der Waals surface area (Å²) < 4.78 is 23.2. The minimum atomic E-state index is -3.04. The van der Waals surface area contributed by atoms with Gasteiger partial charge in [0.1, 0.15) is 9.84 Å². The summed E-state index contributed by atoms with van der Waals surface area (Å²) in [6, 6.07) is 11.6. The van der Waals surface area contributed by atoms with Gasteiger partial charge in [0.2, 0.25) is 0 Å². The molecule has 1 atom stereocenters. The summed E-state index contributed by atoms with van der Waals surface area (Å²) in [5.74, 6) is -0.00740. The third kappa shape index (κ3) is 4.03. The van der Waals surface area contributed by atoms with Crippen molar-refractivity contribution in [2.45, 2.75) is 12.5 Å². The molecule has 2 aromatic carbocycles. The molecule has 0 saturated heterocycles. The first-order valence-electron chi connectivity index (χ1n) is 5.90. The van der Waals surface area contributed by atoms with Crippen LogP contribution in [0.15, 0.2) is 40.9 Å². The predicted molar refractivity (Wildman–Crippen MR) is 80.9 cm³/mol. The fourth-order valence-corrected chi connectivity index (χ4v) is 2.96. The maximum atomic E-state index is 11.1. The molecule has 0 aliphatic rings. The molecule has 19 heavy (non-hydrogen) atoms. The number of fused-ring (bicyclic) bond motifs is 1. The second-order valence-electron chi connectivity index (χ2n) is 4.69. The van der Waals surface area contributed by atoms with Crippen molar-refractivity contribution >= 4 is 36.5 Å². The maximum absolute atomic E-state index is 11.1. The highest BCUT2D eigenvalue weighted by atomic mass is 79.9. The van der Waals surface area contributed by atoms with Crippen molar-refractivity contribution in [3.63, 3.8) is 0 Å². The van der Waals surface area contributed by atoms with Crippen molar-refractivity contribution in [3.8, 4) is 0 Å². The Hall–Kier alpha value is -0.910. The van der Waals surface area contributed by atoms with E-state index in [-0.39, 0.29) is 12.2 Å². The number of aliphatic hydroxyl groups excluding tert-OH is 1. The van der Waals surface area contributed by atoms with Crippen molar-refractivity contribution in [3.05, 3.63) is 46.4 Å². The summed E-state index contributed by atoms with van der Waals surface area (Å²) >= 11 is 3.41. The summed E-state index contributed by atoms with van der Waals surface area (Å²) in [6.45, 7) is 0. The van der Waals surface area contributed by atoms with Gasteiger partial charge < -0.3 is 5.11 Å². The summed E-state index contributed by atoms with van der Waals surface area (Å²) in [7, 11) is -3.04. The van der Waals surface area contributed by atoms with Crippen LogP contribution in [0.1, 0.15) is 18.1 Å². The van der Waals surface area contributed by atoms with Crippen molar-refractivity contribution in [2.24, 2.45) is 0 Å². The highest BCUT2D eigenvalue weighted by Crippen LogP contribution is 2.25. The minimum Gasteiger partial charge on any atom is -0.388 e. The first-order chi connectivity index (χ1) is 8.85. The lowest BCUT2D eigenvalue weighted by Gasteiger charge is -2.11. The van der Waals surface area contributed by atoms with E-state index in [1.807, 2.05) is 36.4 Å². The topological polar surface area (TPSA) is 54.4 Å². The molecule has 3 nitrogen and oxygen atoms in total. The molecule has 0 aliphatic carbocycles. The number of aliphatic hydroxyl groups is 1. The Bertz CT molecular complexity index is 695. The van der Waals surface area contributed by atoms with Gasteiger partial charge in [-0.2, -0.15) is 0 Å². The quantitative estimate of drug-likeness (QED) is 0.928. The molecule has 5 heteroatoms. The van der Waals surface area contributed by atoms with E-state index in [1.54, 1.807) is 0 Å². The summed E-state index contributed by atoms with van der Waals surface area (Å²) in [5.41, 5.74) is 0.749. The lowest BCUT2D eigenvalue weighted by atomic mass is 10.0. The van der Waals surface area contributed by atoms with Crippen molar-refractivity contribution in [2.75, 3.05) is 12.0 Å². The van der Waals surface area contributed by atoms with E-state index in [1.165, 1.54) is 6.26 Å². The van der Waals surface area contributed by atoms with Gasteiger partial charge in [0.15, 0.2) is 0 Å². The van der Waals surface area contributed by atoms with Crippen LogP contribution in [-0.4, -0.2) is 25.5 Å². The van der Waals surface area contributed by atoms with E-state index in [2.05, 4.69) is 15.9 Å². The highest BCUT2D eigenvalue weighted by Gasteiger charge is 2.12. The largest absolute Gasteiger partial charge is 0.388 e. The molecule has 0 fully saturated rings. The molecule has 0 radical (unpaired) electrons. The van der Waals surface area contributed by atoms with Crippen molar-refractivity contribution < 1.29 is 13.5 Å². The zero-order valence-electron chi connectivity index (χ0n) is 10.5. The molecule has 0 saturated carbocycles. The van der Waals surface area contributed by atoms with Crippen LogP contribution in [0.5, 0.6) is 0 Å². The van der Waals surface area contributed by atoms with Crippen LogP contribution in [-0.2, 0) is 9.84 Å². The SMILES string of the molecule is CS(=O)(=O)CCC(O)c1ccc2cc(Br)ccc2c1. The highest BCUT2D eigenvalue weighted by molar-refractivity contribution is 9.10. The van der Waals surface area contributed by atoms with E-state index in [0.29, 0.717) is 0 Å². The zero-order valence-corrected chi connectivity index (χ0v) is 12.9. The Labute approximate surface area is 121 Å². The second-order valence-corrected chi connectivity index (χ2v) is 7.86. The summed E-state index contributed by atoms with van der Waals surface area (Å²) in [4.78, 5) is 0.